The van der Waals surface area contributed by atoms with Gasteiger partial charge in [-0.25, -0.2) is 4.79 Å². The predicted molar refractivity (Wildman–Crippen MR) is 94.6 cm³/mol. The van der Waals surface area contributed by atoms with Crippen molar-refractivity contribution in [3.8, 4) is 0 Å². The van der Waals surface area contributed by atoms with Gasteiger partial charge in [-0.1, -0.05) is 69.3 Å². The Morgan fingerprint density at radius 3 is 2.30 bits per heavy atom. The molecule has 2 nitrogen and oxygen atoms in total. The van der Waals surface area contributed by atoms with Gasteiger partial charge in [0.2, 0.25) is 0 Å². The van der Waals surface area contributed by atoms with E-state index in [0.29, 0.717) is 11.5 Å². The summed E-state index contributed by atoms with van der Waals surface area (Å²) in [5.74, 6) is 0.102. The molecule has 0 heterocycles. The zero-order valence-corrected chi connectivity index (χ0v) is 14.3. The number of benzene rings is 2. The number of carbonyl (C=O) groups is 1. The van der Waals surface area contributed by atoms with Crippen molar-refractivity contribution in [1.29, 1.82) is 0 Å². The van der Waals surface area contributed by atoms with E-state index in [2.05, 4.69) is 32.9 Å². The van der Waals surface area contributed by atoms with Crippen molar-refractivity contribution >= 4 is 5.97 Å². The van der Waals surface area contributed by atoms with Crippen LogP contribution < -0.4 is 0 Å². The van der Waals surface area contributed by atoms with Gasteiger partial charge in [0.25, 0.3) is 0 Å². The molecule has 0 bridgehead atoms. The van der Waals surface area contributed by atoms with Gasteiger partial charge in [-0.15, -0.1) is 0 Å². The largest absolute Gasteiger partial charge is 0.458 e. The third kappa shape index (κ3) is 4.95. The fraction of sp³-hybridized carbons (Fsp3) is 0.381. The normalized spacial score (nSPS) is 12.2. The molecule has 0 aromatic heterocycles. The molecule has 23 heavy (non-hydrogen) atoms. The Balaban J connectivity index is 2.02. The van der Waals surface area contributed by atoms with Gasteiger partial charge in [-0.3, -0.25) is 0 Å². The van der Waals surface area contributed by atoms with Crippen LogP contribution in [0.4, 0.5) is 0 Å². The summed E-state index contributed by atoms with van der Waals surface area (Å²) in [4.78, 5) is 12.5. The van der Waals surface area contributed by atoms with Gasteiger partial charge >= 0.3 is 5.97 Å². The van der Waals surface area contributed by atoms with Crippen molar-refractivity contribution in [1.82, 2.24) is 0 Å². The minimum atomic E-state index is -0.200. The van der Waals surface area contributed by atoms with Crippen LogP contribution in [0.15, 0.2) is 54.6 Å². The highest BCUT2D eigenvalue weighted by Crippen LogP contribution is 2.18. The van der Waals surface area contributed by atoms with Gasteiger partial charge in [-0.2, -0.15) is 0 Å². The molecule has 0 aliphatic carbocycles. The molecule has 0 spiro atoms. The number of aryl methyl sites for hydroxylation is 2. The van der Waals surface area contributed by atoms with Crippen LogP contribution in [0.25, 0.3) is 0 Å². The van der Waals surface area contributed by atoms with Crippen molar-refractivity contribution in [3.63, 3.8) is 0 Å². The molecule has 1 atom stereocenters. The van der Waals surface area contributed by atoms with E-state index in [9.17, 15) is 4.79 Å². The van der Waals surface area contributed by atoms with E-state index in [0.717, 1.165) is 24.8 Å². The van der Waals surface area contributed by atoms with Gasteiger partial charge in [-0.05, 0) is 42.4 Å². The number of hydrogen-bond donors (Lipinski definition) is 0. The molecule has 2 rings (SSSR count). The number of rotatable bonds is 7. The molecule has 0 fully saturated rings. The Labute approximate surface area is 139 Å². The third-order valence-electron chi connectivity index (χ3n) is 4.18. The summed E-state index contributed by atoms with van der Waals surface area (Å²) < 4.78 is 5.82. The van der Waals surface area contributed by atoms with Gasteiger partial charge in [0.15, 0.2) is 0 Å². The first-order valence-electron chi connectivity index (χ1n) is 8.44. The molecule has 2 aromatic carbocycles. The summed E-state index contributed by atoms with van der Waals surface area (Å²) in [6.45, 7) is 6.27. The van der Waals surface area contributed by atoms with Crippen molar-refractivity contribution in [2.45, 2.75) is 46.1 Å². The Kier molecular flexibility index (Phi) is 6.40. The Bertz CT molecular complexity index is 617. The second kappa shape index (κ2) is 8.52. The lowest BCUT2D eigenvalue weighted by molar-refractivity contribution is 0.0158. The highest BCUT2D eigenvalue weighted by molar-refractivity contribution is 5.91. The average Bonchev–Trinajstić information content (AvgIpc) is 2.59. The maximum absolute atomic E-state index is 12.5. The van der Waals surface area contributed by atoms with E-state index in [4.69, 9.17) is 4.74 Å². The predicted octanol–water partition coefficient (Wildman–Crippen LogP) is 5.06. The molecule has 0 radical (unpaired) electrons. The van der Waals surface area contributed by atoms with Crippen molar-refractivity contribution < 1.29 is 9.53 Å². The first-order chi connectivity index (χ1) is 11.1. The second-order valence-corrected chi connectivity index (χ2v) is 6.22. The van der Waals surface area contributed by atoms with Gasteiger partial charge in [0, 0.05) is 0 Å². The maximum Gasteiger partial charge on any atom is 0.338 e. The lowest BCUT2D eigenvalue weighted by Crippen LogP contribution is -2.25. The molecule has 0 N–H and O–H groups in total. The van der Waals surface area contributed by atoms with Gasteiger partial charge in [0.05, 0.1) is 5.56 Å². The molecule has 0 aliphatic rings. The minimum Gasteiger partial charge on any atom is -0.458 e. The molecule has 0 saturated heterocycles. The first kappa shape index (κ1) is 17.3. The van der Waals surface area contributed by atoms with Crippen LogP contribution in [0.5, 0.6) is 0 Å². The average molecular weight is 310 g/mol. The maximum atomic E-state index is 12.5. The summed E-state index contributed by atoms with van der Waals surface area (Å²) in [7, 11) is 0. The fourth-order valence-corrected chi connectivity index (χ4v) is 2.71. The summed E-state index contributed by atoms with van der Waals surface area (Å²) in [5.41, 5.74) is 3.02. The van der Waals surface area contributed by atoms with Crippen LogP contribution in [0, 0.1) is 5.92 Å². The van der Waals surface area contributed by atoms with Crippen molar-refractivity contribution in [2.75, 3.05) is 0 Å². The number of esters is 1. The monoisotopic (exact) mass is 310 g/mol. The smallest absolute Gasteiger partial charge is 0.338 e. The van der Waals surface area contributed by atoms with Crippen molar-refractivity contribution in [3.05, 3.63) is 71.3 Å². The van der Waals surface area contributed by atoms with E-state index >= 15 is 0 Å². The molecule has 2 aromatic rings. The van der Waals surface area contributed by atoms with E-state index in [1.165, 1.54) is 5.56 Å². The Morgan fingerprint density at radius 1 is 1.00 bits per heavy atom. The van der Waals surface area contributed by atoms with E-state index in [1.54, 1.807) is 0 Å². The van der Waals surface area contributed by atoms with Crippen LogP contribution in [0.2, 0.25) is 0 Å². The lowest BCUT2D eigenvalue weighted by Gasteiger charge is -2.22. The zero-order chi connectivity index (χ0) is 16.7. The first-order valence-corrected chi connectivity index (χ1v) is 8.44. The molecule has 1 unspecified atom stereocenters. The highest BCUT2D eigenvalue weighted by atomic mass is 16.5. The molecular weight excluding hydrogens is 284 g/mol. The van der Waals surface area contributed by atoms with E-state index in [1.807, 2.05) is 42.5 Å². The van der Waals surface area contributed by atoms with Crippen LogP contribution >= 0.6 is 0 Å². The molecular formula is C21H26O2. The SMILES string of the molecule is CCc1ccccc1C(=O)OC(CCc1ccccc1)C(C)C. The highest BCUT2D eigenvalue weighted by Gasteiger charge is 2.20. The quantitative estimate of drug-likeness (QED) is 0.668. The molecule has 0 amide bonds. The topological polar surface area (TPSA) is 26.3 Å². The van der Waals surface area contributed by atoms with Crippen LogP contribution in [0.1, 0.15) is 48.7 Å². The fourth-order valence-electron chi connectivity index (χ4n) is 2.71. The third-order valence-corrected chi connectivity index (χ3v) is 4.18. The summed E-state index contributed by atoms with van der Waals surface area (Å²) >= 11 is 0. The van der Waals surface area contributed by atoms with Crippen LogP contribution in [-0.2, 0) is 17.6 Å². The molecule has 122 valence electrons. The van der Waals surface area contributed by atoms with Gasteiger partial charge < -0.3 is 4.74 Å². The molecule has 2 heteroatoms. The van der Waals surface area contributed by atoms with Gasteiger partial charge in [0.1, 0.15) is 6.10 Å². The summed E-state index contributed by atoms with van der Waals surface area (Å²) in [6.07, 6.45) is 2.54. The minimum absolute atomic E-state index is 0.0624. The summed E-state index contributed by atoms with van der Waals surface area (Å²) in [6, 6.07) is 18.0. The molecule has 0 saturated carbocycles. The van der Waals surface area contributed by atoms with E-state index in [-0.39, 0.29) is 12.1 Å². The number of ether oxygens (including phenoxy) is 1. The van der Waals surface area contributed by atoms with Crippen LogP contribution in [-0.4, -0.2) is 12.1 Å². The second-order valence-electron chi connectivity index (χ2n) is 6.22. The van der Waals surface area contributed by atoms with Crippen LogP contribution in [0.3, 0.4) is 0 Å². The zero-order valence-electron chi connectivity index (χ0n) is 14.3. The Hall–Kier alpha value is -2.09. The Morgan fingerprint density at radius 2 is 1.65 bits per heavy atom. The van der Waals surface area contributed by atoms with Crippen molar-refractivity contribution in [2.24, 2.45) is 5.92 Å². The van der Waals surface area contributed by atoms with E-state index < -0.39 is 0 Å². The lowest BCUT2D eigenvalue weighted by atomic mass is 9.98. The standard InChI is InChI=1S/C21H26O2/c1-4-18-12-8-9-13-19(18)21(22)23-20(16(2)3)15-14-17-10-6-5-7-11-17/h5-13,16,20H,4,14-15H2,1-3H3. The number of carbonyl (C=O) groups excluding carboxylic acids is 1. The number of hydrogen-bond acceptors (Lipinski definition) is 2. The molecule has 0 aliphatic heterocycles. The summed E-state index contributed by atoms with van der Waals surface area (Å²) in [5, 5.41) is 0.